The van der Waals surface area contributed by atoms with Gasteiger partial charge >= 0.3 is 0 Å². The van der Waals surface area contributed by atoms with Crippen LogP contribution in [-0.2, 0) is 17.6 Å². The highest BCUT2D eigenvalue weighted by molar-refractivity contribution is 9.09. The molecule has 1 aliphatic heterocycles. The second-order valence-electron chi connectivity index (χ2n) is 6.27. The summed E-state index contributed by atoms with van der Waals surface area (Å²) < 4.78 is 0. The van der Waals surface area contributed by atoms with E-state index in [1.54, 1.807) is 0 Å². The molecule has 1 aromatic rings. The van der Waals surface area contributed by atoms with Crippen LogP contribution in [0.25, 0.3) is 0 Å². The summed E-state index contributed by atoms with van der Waals surface area (Å²) in [5.41, 5.74) is 2.81. The number of rotatable bonds is 1. The van der Waals surface area contributed by atoms with Gasteiger partial charge in [-0.3, -0.25) is 4.79 Å². The van der Waals surface area contributed by atoms with Gasteiger partial charge in [0.1, 0.15) is 0 Å². The lowest BCUT2D eigenvalue weighted by atomic mass is 9.83. The summed E-state index contributed by atoms with van der Waals surface area (Å²) in [7, 11) is 0. The Hall–Kier alpha value is -0.830. The molecule has 0 N–H and O–H groups in total. The zero-order valence-corrected chi connectivity index (χ0v) is 13.6. The van der Waals surface area contributed by atoms with Crippen LogP contribution in [0, 0.1) is 11.8 Å². The van der Waals surface area contributed by atoms with Crippen LogP contribution in [0.5, 0.6) is 0 Å². The molecular formula is C17H22BrNO. The maximum Gasteiger partial charge on any atom is 0.226 e. The van der Waals surface area contributed by atoms with Crippen molar-refractivity contribution < 1.29 is 4.79 Å². The molecule has 3 rings (SSSR count). The Bertz CT molecular complexity index is 502. The van der Waals surface area contributed by atoms with Crippen LogP contribution in [-0.4, -0.2) is 28.7 Å². The molecule has 108 valence electrons. The lowest BCUT2D eigenvalue weighted by Crippen LogP contribution is -2.47. The molecule has 20 heavy (non-hydrogen) atoms. The van der Waals surface area contributed by atoms with Gasteiger partial charge in [-0.05, 0) is 42.7 Å². The molecule has 0 aromatic heterocycles. The van der Waals surface area contributed by atoms with E-state index < -0.39 is 0 Å². The molecule has 1 amide bonds. The quantitative estimate of drug-likeness (QED) is 0.720. The lowest BCUT2D eigenvalue weighted by Gasteiger charge is -2.37. The number of likely N-dealkylation sites (tertiary alicyclic amines) is 1. The van der Waals surface area contributed by atoms with E-state index in [4.69, 9.17) is 0 Å². The minimum Gasteiger partial charge on any atom is -0.341 e. The van der Waals surface area contributed by atoms with E-state index in [9.17, 15) is 4.79 Å². The molecule has 1 aromatic carbocycles. The number of hydrogen-bond acceptors (Lipinski definition) is 1. The van der Waals surface area contributed by atoms with Crippen molar-refractivity contribution in [3.8, 4) is 0 Å². The Balaban J connectivity index is 1.67. The fourth-order valence-corrected chi connectivity index (χ4v) is 4.00. The third kappa shape index (κ3) is 2.78. The van der Waals surface area contributed by atoms with E-state index in [0.29, 0.717) is 16.7 Å². The van der Waals surface area contributed by atoms with Crippen molar-refractivity contribution in [2.24, 2.45) is 11.8 Å². The highest BCUT2D eigenvalue weighted by Crippen LogP contribution is 2.29. The van der Waals surface area contributed by atoms with Crippen molar-refractivity contribution in [3.63, 3.8) is 0 Å². The van der Waals surface area contributed by atoms with Crippen molar-refractivity contribution in [1.82, 2.24) is 4.90 Å². The number of carbonyl (C=O) groups is 1. The molecular weight excluding hydrogens is 314 g/mol. The standard InChI is InChI=1S/C17H22BrNO/c1-12-8-9-19(11-16(12)18)17(20)15-7-6-13-4-2-3-5-14(13)10-15/h2-5,12,15-16H,6-11H2,1H3. The van der Waals surface area contributed by atoms with Crippen LogP contribution in [0.1, 0.15) is 30.9 Å². The minimum atomic E-state index is 0.193. The zero-order chi connectivity index (χ0) is 14.1. The van der Waals surface area contributed by atoms with E-state index >= 15 is 0 Å². The smallest absolute Gasteiger partial charge is 0.226 e. The largest absolute Gasteiger partial charge is 0.341 e. The monoisotopic (exact) mass is 335 g/mol. The molecule has 2 nitrogen and oxygen atoms in total. The number of benzene rings is 1. The van der Waals surface area contributed by atoms with E-state index in [-0.39, 0.29) is 5.92 Å². The number of aryl methyl sites for hydroxylation is 1. The Morgan fingerprint density at radius 2 is 2.00 bits per heavy atom. The zero-order valence-electron chi connectivity index (χ0n) is 12.0. The number of hydrogen-bond donors (Lipinski definition) is 0. The Kier molecular flexibility index (Phi) is 4.16. The molecule has 1 fully saturated rings. The molecule has 1 heterocycles. The van der Waals surface area contributed by atoms with Gasteiger partial charge in [0.2, 0.25) is 5.91 Å². The van der Waals surface area contributed by atoms with Crippen molar-refractivity contribution in [3.05, 3.63) is 35.4 Å². The van der Waals surface area contributed by atoms with Gasteiger partial charge in [-0.15, -0.1) is 0 Å². The first-order valence-corrected chi connectivity index (χ1v) is 8.56. The van der Waals surface area contributed by atoms with Crippen molar-refractivity contribution >= 4 is 21.8 Å². The molecule has 1 aliphatic carbocycles. The van der Waals surface area contributed by atoms with E-state index in [2.05, 4.69) is 52.0 Å². The molecule has 0 radical (unpaired) electrons. The number of alkyl halides is 1. The van der Waals surface area contributed by atoms with Crippen LogP contribution in [0.15, 0.2) is 24.3 Å². The Labute approximate surface area is 129 Å². The molecule has 1 saturated heterocycles. The summed E-state index contributed by atoms with van der Waals surface area (Å²) in [6.45, 7) is 4.07. The van der Waals surface area contributed by atoms with Crippen LogP contribution in [0.3, 0.4) is 0 Å². The fourth-order valence-electron chi connectivity index (χ4n) is 3.39. The van der Waals surface area contributed by atoms with Gasteiger partial charge < -0.3 is 4.90 Å². The van der Waals surface area contributed by atoms with Crippen molar-refractivity contribution in [2.45, 2.75) is 37.4 Å². The van der Waals surface area contributed by atoms with Crippen LogP contribution in [0.4, 0.5) is 0 Å². The topological polar surface area (TPSA) is 20.3 Å². The van der Waals surface area contributed by atoms with E-state index in [0.717, 1.165) is 38.8 Å². The van der Waals surface area contributed by atoms with Gasteiger partial charge in [-0.2, -0.15) is 0 Å². The number of halogens is 1. The fraction of sp³-hybridized carbons (Fsp3) is 0.588. The highest BCUT2D eigenvalue weighted by Gasteiger charge is 2.32. The molecule has 0 spiro atoms. The third-order valence-electron chi connectivity index (χ3n) is 4.87. The molecule has 0 bridgehead atoms. The lowest BCUT2D eigenvalue weighted by molar-refractivity contribution is -0.137. The first kappa shape index (κ1) is 14.1. The van der Waals surface area contributed by atoms with Gasteiger partial charge in [0.15, 0.2) is 0 Å². The summed E-state index contributed by atoms with van der Waals surface area (Å²) in [5, 5.41) is 0. The second kappa shape index (κ2) is 5.88. The van der Waals surface area contributed by atoms with E-state index in [1.807, 2.05) is 0 Å². The molecule has 0 saturated carbocycles. The first-order valence-electron chi connectivity index (χ1n) is 7.65. The average Bonchev–Trinajstić information content (AvgIpc) is 2.49. The summed E-state index contributed by atoms with van der Waals surface area (Å²) in [6, 6.07) is 8.57. The first-order chi connectivity index (χ1) is 9.65. The Morgan fingerprint density at radius 3 is 2.75 bits per heavy atom. The van der Waals surface area contributed by atoms with Gasteiger partial charge in [0, 0.05) is 23.8 Å². The number of fused-ring (bicyclic) bond motifs is 1. The minimum absolute atomic E-state index is 0.193. The maximum atomic E-state index is 12.7. The number of piperidine rings is 1. The summed E-state index contributed by atoms with van der Waals surface area (Å²) in [4.78, 5) is 15.3. The molecule has 2 aliphatic rings. The molecule has 3 unspecified atom stereocenters. The van der Waals surface area contributed by atoms with Crippen LogP contribution in [0.2, 0.25) is 0 Å². The van der Waals surface area contributed by atoms with E-state index in [1.165, 1.54) is 11.1 Å². The predicted octanol–water partition coefficient (Wildman–Crippen LogP) is 3.42. The normalized spacial score (nSPS) is 29.9. The molecule has 3 heteroatoms. The molecule has 3 atom stereocenters. The Morgan fingerprint density at radius 1 is 1.25 bits per heavy atom. The SMILES string of the molecule is CC1CCN(C(=O)C2CCc3ccccc3C2)CC1Br. The maximum absolute atomic E-state index is 12.7. The van der Waals surface area contributed by atoms with Crippen molar-refractivity contribution in [1.29, 1.82) is 0 Å². The summed E-state index contributed by atoms with van der Waals surface area (Å²) in [6.07, 6.45) is 4.10. The van der Waals surface area contributed by atoms with Gasteiger partial charge in [-0.1, -0.05) is 47.1 Å². The third-order valence-corrected chi connectivity index (χ3v) is 6.07. The predicted molar refractivity (Wildman–Crippen MR) is 85.0 cm³/mol. The van der Waals surface area contributed by atoms with Gasteiger partial charge in [-0.25, -0.2) is 0 Å². The van der Waals surface area contributed by atoms with Crippen LogP contribution < -0.4 is 0 Å². The second-order valence-corrected chi connectivity index (χ2v) is 7.45. The number of amides is 1. The van der Waals surface area contributed by atoms with Gasteiger partial charge in [0.25, 0.3) is 0 Å². The van der Waals surface area contributed by atoms with Gasteiger partial charge in [0.05, 0.1) is 0 Å². The number of carbonyl (C=O) groups excluding carboxylic acids is 1. The van der Waals surface area contributed by atoms with Crippen LogP contribution >= 0.6 is 15.9 Å². The van der Waals surface area contributed by atoms with Crippen molar-refractivity contribution in [2.75, 3.05) is 13.1 Å². The summed E-state index contributed by atoms with van der Waals surface area (Å²) >= 11 is 3.72. The highest BCUT2D eigenvalue weighted by atomic mass is 79.9. The number of nitrogens with zero attached hydrogens (tertiary/aromatic N) is 1. The summed E-state index contributed by atoms with van der Waals surface area (Å²) in [5.74, 6) is 1.24. The average molecular weight is 336 g/mol.